The maximum Gasteiger partial charge on any atom is 0.508 e. The number of primary amides is 1. The molecule has 0 aliphatic carbocycles. The number of hydrogen-bond acceptors (Lipinski definition) is 8. The van der Waals surface area contributed by atoms with Crippen molar-refractivity contribution in [2.24, 2.45) is 11.1 Å². The van der Waals surface area contributed by atoms with Crippen LogP contribution in [0.1, 0.15) is 43.6 Å². The number of hydrogen-bond donors (Lipinski definition) is 2. The van der Waals surface area contributed by atoms with E-state index < -0.39 is 17.5 Å². The van der Waals surface area contributed by atoms with Crippen molar-refractivity contribution in [2.75, 3.05) is 6.61 Å². The first-order valence-corrected chi connectivity index (χ1v) is 12.8. The van der Waals surface area contributed by atoms with Crippen molar-refractivity contribution in [3.05, 3.63) is 53.6 Å². The Balaban J connectivity index is 1.49. The quantitative estimate of drug-likeness (QED) is 0.314. The van der Waals surface area contributed by atoms with Gasteiger partial charge in [-0.25, -0.2) is 9.78 Å². The lowest BCUT2D eigenvalue weighted by Gasteiger charge is -2.16. The summed E-state index contributed by atoms with van der Waals surface area (Å²) in [5, 5.41) is 0.0216. The third-order valence-corrected chi connectivity index (χ3v) is 7.75. The van der Waals surface area contributed by atoms with Crippen LogP contribution in [-0.2, 0) is 20.9 Å². The van der Waals surface area contributed by atoms with Crippen LogP contribution < -0.4 is 5.73 Å². The molecule has 8 nitrogen and oxygen atoms in total. The number of para-hydroxylation sites is 1. The summed E-state index contributed by atoms with van der Waals surface area (Å²) in [6, 6.07) is 12.5. The number of nitrogens with zero attached hydrogens (tertiary/aromatic N) is 1. The summed E-state index contributed by atoms with van der Waals surface area (Å²) in [6.45, 7) is 7.68. The minimum atomic E-state index is -0.764. The number of carbonyl (C=O) groups is 3. The summed E-state index contributed by atoms with van der Waals surface area (Å²) >= 11 is 0. The number of nitrogens with two attached hydrogens (primary N) is 1. The second kappa shape index (κ2) is 11.0. The molecule has 1 amide bonds. The Morgan fingerprint density at radius 1 is 1.09 bits per heavy atom. The van der Waals surface area contributed by atoms with E-state index in [1.165, 1.54) is 21.6 Å². The number of imidazole rings is 1. The average Bonchev–Trinajstić information content (AvgIpc) is 3.23. The highest BCUT2D eigenvalue weighted by atomic mass is 33.1. The molecular formula is C24H27N3O5S2. The van der Waals surface area contributed by atoms with Crippen LogP contribution in [0.15, 0.2) is 42.5 Å². The maximum atomic E-state index is 12.0. The fourth-order valence-corrected chi connectivity index (χ4v) is 5.07. The van der Waals surface area contributed by atoms with E-state index in [9.17, 15) is 14.4 Å². The number of fused-ring (bicyclic) bond motifs is 1. The van der Waals surface area contributed by atoms with Crippen molar-refractivity contribution >= 4 is 49.8 Å². The van der Waals surface area contributed by atoms with Crippen molar-refractivity contribution in [1.29, 1.82) is 0 Å². The molecule has 34 heavy (non-hydrogen) atoms. The van der Waals surface area contributed by atoms with Gasteiger partial charge in [0.2, 0.25) is 5.12 Å². The second-order valence-corrected chi connectivity index (χ2v) is 11.3. The van der Waals surface area contributed by atoms with Gasteiger partial charge in [-0.1, -0.05) is 61.9 Å². The molecule has 0 bridgehead atoms. The van der Waals surface area contributed by atoms with Crippen LogP contribution in [0, 0.1) is 5.41 Å². The van der Waals surface area contributed by atoms with E-state index in [1.807, 2.05) is 58.0 Å². The number of benzene rings is 2. The molecule has 0 saturated carbocycles. The highest BCUT2D eigenvalue weighted by Gasteiger charge is 2.23. The Morgan fingerprint density at radius 2 is 1.79 bits per heavy atom. The number of rotatable bonds is 8. The Kier molecular flexibility index (Phi) is 8.27. The molecule has 0 unspecified atom stereocenters. The molecular weight excluding hydrogens is 474 g/mol. The molecule has 0 spiro atoms. The number of aromatic amines is 1. The molecule has 1 atom stereocenters. The lowest BCUT2D eigenvalue weighted by Crippen LogP contribution is -2.17. The van der Waals surface area contributed by atoms with E-state index in [4.69, 9.17) is 15.2 Å². The van der Waals surface area contributed by atoms with E-state index >= 15 is 0 Å². The molecule has 180 valence electrons. The van der Waals surface area contributed by atoms with Gasteiger partial charge in [0.1, 0.15) is 24.6 Å². The van der Waals surface area contributed by atoms with Crippen molar-refractivity contribution < 1.29 is 23.9 Å². The summed E-state index contributed by atoms with van der Waals surface area (Å²) in [5.74, 6) is 0.0676. The first-order valence-electron chi connectivity index (χ1n) is 10.6. The summed E-state index contributed by atoms with van der Waals surface area (Å²) in [4.78, 5) is 43.2. The summed E-state index contributed by atoms with van der Waals surface area (Å²) in [5.41, 5.74) is 8.20. The second-order valence-electron chi connectivity index (χ2n) is 8.73. The molecule has 3 rings (SSSR count). The molecule has 0 aliphatic rings. The monoisotopic (exact) mass is 501 g/mol. The van der Waals surface area contributed by atoms with Crippen LogP contribution in [0.25, 0.3) is 22.4 Å². The van der Waals surface area contributed by atoms with Crippen LogP contribution in [0.2, 0.25) is 0 Å². The first kappa shape index (κ1) is 25.6. The topological polar surface area (TPSA) is 124 Å². The van der Waals surface area contributed by atoms with Crippen molar-refractivity contribution in [3.63, 3.8) is 0 Å². The van der Waals surface area contributed by atoms with Crippen molar-refractivity contribution in [1.82, 2.24) is 9.97 Å². The Morgan fingerprint density at radius 3 is 2.44 bits per heavy atom. The number of amides is 1. The molecule has 0 fully saturated rings. The largest absolute Gasteiger partial charge is 0.508 e. The molecule has 1 heterocycles. The number of H-pyrrole nitrogens is 1. The van der Waals surface area contributed by atoms with Crippen LogP contribution in [0.3, 0.4) is 0 Å². The van der Waals surface area contributed by atoms with Gasteiger partial charge in [0.15, 0.2) is 0 Å². The molecule has 3 N–H and O–H groups in total. The smallest absolute Gasteiger partial charge is 0.433 e. The van der Waals surface area contributed by atoms with E-state index in [0.717, 1.165) is 16.6 Å². The van der Waals surface area contributed by atoms with Gasteiger partial charge in [-0.3, -0.25) is 9.59 Å². The first-order chi connectivity index (χ1) is 16.0. The number of nitrogens with one attached hydrogen (secondary N) is 1. The molecule has 0 aliphatic heterocycles. The highest BCUT2D eigenvalue weighted by Crippen LogP contribution is 2.34. The third-order valence-electron chi connectivity index (χ3n) is 4.70. The van der Waals surface area contributed by atoms with E-state index in [-0.39, 0.29) is 23.6 Å². The van der Waals surface area contributed by atoms with Gasteiger partial charge < -0.3 is 20.2 Å². The molecule has 0 radical (unpaired) electrons. The Bertz CT molecular complexity index is 1190. The lowest BCUT2D eigenvalue weighted by atomic mass is 10.00. The van der Waals surface area contributed by atoms with Crippen LogP contribution in [-0.4, -0.2) is 39.0 Å². The lowest BCUT2D eigenvalue weighted by molar-refractivity contribution is -0.117. The minimum absolute atomic E-state index is 0.0537. The molecule has 0 saturated heterocycles. The summed E-state index contributed by atoms with van der Waals surface area (Å²) in [7, 11) is 2.54. The predicted molar refractivity (Wildman–Crippen MR) is 135 cm³/mol. The van der Waals surface area contributed by atoms with Crippen molar-refractivity contribution in [2.45, 2.75) is 39.6 Å². The van der Waals surface area contributed by atoms with E-state index in [2.05, 4.69) is 9.97 Å². The van der Waals surface area contributed by atoms with Crippen LogP contribution >= 0.6 is 21.6 Å². The van der Waals surface area contributed by atoms with Gasteiger partial charge in [-0.2, -0.15) is 0 Å². The van der Waals surface area contributed by atoms with E-state index in [0.29, 0.717) is 16.9 Å². The number of aromatic nitrogens is 2. The zero-order valence-electron chi connectivity index (χ0n) is 19.4. The van der Waals surface area contributed by atoms with E-state index in [1.54, 1.807) is 12.1 Å². The normalized spacial score (nSPS) is 12.4. The third kappa shape index (κ3) is 6.77. The Hall–Kier alpha value is -2.98. The minimum Gasteiger partial charge on any atom is -0.433 e. The maximum absolute atomic E-state index is 12.0. The molecule has 3 aromatic rings. The summed E-state index contributed by atoms with van der Waals surface area (Å²) < 4.78 is 10.3. The van der Waals surface area contributed by atoms with Crippen LogP contribution in [0.5, 0.6) is 0 Å². The van der Waals surface area contributed by atoms with Crippen LogP contribution in [0.4, 0.5) is 4.79 Å². The zero-order chi connectivity index (χ0) is 24.9. The molecule has 1 aromatic heterocycles. The zero-order valence-corrected chi connectivity index (χ0v) is 21.0. The van der Waals surface area contributed by atoms with Gasteiger partial charge >= 0.3 is 6.16 Å². The fourth-order valence-electron chi connectivity index (χ4n) is 2.77. The fraction of sp³-hybridized carbons (Fsp3) is 0.333. The number of ether oxygens (including phenoxy) is 2. The molecule has 2 aromatic carbocycles. The molecule has 10 heteroatoms. The van der Waals surface area contributed by atoms with Crippen molar-refractivity contribution in [3.8, 4) is 11.4 Å². The van der Waals surface area contributed by atoms with Gasteiger partial charge in [0.05, 0.1) is 11.1 Å². The van der Waals surface area contributed by atoms with Gasteiger partial charge in [-0.15, -0.1) is 0 Å². The highest BCUT2D eigenvalue weighted by molar-refractivity contribution is 8.82. The summed E-state index contributed by atoms with van der Waals surface area (Å²) in [6.07, 6.45) is -0.764. The number of carbonyl (C=O) groups excluding carboxylic acids is 3. The Labute approximate surface area is 205 Å². The standard InChI is InChI=1S/C24H27N3O5S2/c1-14(33-34-22(29)24(2,3)4)12-31-23(30)32-13-15-8-10-16(11-9-15)21-26-18-7-5-6-17(20(25)28)19(18)27-21/h5-11,14H,12-13H2,1-4H3,(H2,25,28)(H,26,27)/t14-/m0/s1. The predicted octanol–water partition coefficient (Wildman–Crippen LogP) is 5.32. The SMILES string of the molecule is C[C@@H](COC(=O)OCc1ccc(-c2nc3c(C(N)=O)cccc3[nH]2)cc1)SSC(=O)C(C)(C)C. The van der Waals surface area contributed by atoms with Gasteiger partial charge in [-0.05, 0) is 35.4 Å². The van der Waals surface area contributed by atoms with Gasteiger partial charge in [0.25, 0.3) is 5.91 Å². The van der Waals surface area contributed by atoms with Gasteiger partial charge in [0, 0.05) is 16.2 Å². The average molecular weight is 502 g/mol.